The first-order valence-electron chi connectivity index (χ1n) is 7.65. The van der Waals surface area contributed by atoms with E-state index >= 15 is 0 Å². The number of amides is 1. The third-order valence-electron chi connectivity index (χ3n) is 3.40. The predicted octanol–water partition coefficient (Wildman–Crippen LogP) is 4.26. The van der Waals surface area contributed by atoms with Gasteiger partial charge in [0.25, 0.3) is 5.91 Å². The molecule has 0 aliphatic carbocycles. The summed E-state index contributed by atoms with van der Waals surface area (Å²) in [5.74, 6) is 0.283. The van der Waals surface area contributed by atoms with Crippen molar-refractivity contribution in [2.45, 2.75) is 0 Å². The molecule has 1 aromatic heterocycles. The van der Waals surface area contributed by atoms with E-state index in [1.807, 2.05) is 6.07 Å². The van der Waals surface area contributed by atoms with Gasteiger partial charge in [0.2, 0.25) is 0 Å². The van der Waals surface area contributed by atoms with Gasteiger partial charge in [0.05, 0.1) is 12.1 Å². The van der Waals surface area contributed by atoms with Crippen LogP contribution in [0.5, 0.6) is 5.75 Å². The Morgan fingerprint density at radius 1 is 1.07 bits per heavy atom. The van der Waals surface area contributed by atoms with Crippen LogP contribution in [0.15, 0.2) is 47.8 Å². The molecule has 0 atom stereocenters. The van der Waals surface area contributed by atoms with Crippen LogP contribution < -0.4 is 20.7 Å². The zero-order chi connectivity index (χ0) is 19.2. The number of methoxy groups -OCH3 is 1. The molecule has 1 amide bonds. The molecule has 0 radical (unpaired) electrons. The lowest BCUT2D eigenvalue weighted by molar-refractivity contribution is 0.102. The Labute approximate surface area is 169 Å². The van der Waals surface area contributed by atoms with Crippen LogP contribution in [0.4, 0.5) is 17.1 Å². The number of anilines is 3. The summed E-state index contributed by atoms with van der Waals surface area (Å²) in [6.07, 6.45) is 0. The Balaban J connectivity index is 1.57. The standard InChI is InChI=1S/C17H14ClN5O2S2/c1-25-15-7-6-12(8-13(15)18)21-17(26)20-11-4-2-10(3-5-11)19-16(24)14-9-27-23-22-14/h2-9H,1H3,(H,19,24)(H2,20,21,26). The summed E-state index contributed by atoms with van der Waals surface area (Å²) in [6.45, 7) is 0. The molecule has 0 saturated heterocycles. The van der Waals surface area contributed by atoms with Crippen molar-refractivity contribution in [3.05, 3.63) is 58.6 Å². The molecular formula is C17H14ClN5O2S2. The summed E-state index contributed by atoms with van der Waals surface area (Å²) in [5, 5.41) is 15.1. The molecule has 2 aromatic carbocycles. The van der Waals surface area contributed by atoms with E-state index in [1.165, 1.54) is 0 Å². The molecule has 3 rings (SSSR count). The molecule has 7 nitrogen and oxygen atoms in total. The second-order valence-corrected chi connectivity index (χ2v) is 6.68. The maximum absolute atomic E-state index is 11.9. The van der Waals surface area contributed by atoms with Gasteiger partial charge in [-0.25, -0.2) is 0 Å². The summed E-state index contributed by atoms with van der Waals surface area (Å²) >= 11 is 12.5. The van der Waals surface area contributed by atoms with Crippen LogP contribution in [0.25, 0.3) is 0 Å². The van der Waals surface area contributed by atoms with Gasteiger partial charge in [-0.1, -0.05) is 16.1 Å². The van der Waals surface area contributed by atoms with E-state index in [0.717, 1.165) is 22.9 Å². The first-order valence-corrected chi connectivity index (χ1v) is 9.27. The molecule has 0 saturated carbocycles. The Bertz CT molecular complexity index is 948. The van der Waals surface area contributed by atoms with Crippen LogP contribution >= 0.6 is 35.4 Å². The molecule has 0 spiro atoms. The summed E-state index contributed by atoms with van der Waals surface area (Å²) in [6, 6.07) is 12.4. The number of halogens is 1. The van der Waals surface area contributed by atoms with Crippen molar-refractivity contribution in [1.29, 1.82) is 0 Å². The van der Waals surface area contributed by atoms with Crippen LogP contribution in [0, 0.1) is 0 Å². The maximum atomic E-state index is 11.9. The van der Waals surface area contributed by atoms with E-state index in [4.69, 9.17) is 28.6 Å². The molecule has 27 heavy (non-hydrogen) atoms. The Kier molecular flexibility index (Phi) is 6.17. The molecule has 0 fully saturated rings. The second kappa shape index (κ2) is 8.76. The van der Waals surface area contributed by atoms with Gasteiger partial charge in [-0.15, -0.1) is 5.10 Å². The first kappa shape index (κ1) is 19.0. The van der Waals surface area contributed by atoms with Crippen LogP contribution in [-0.2, 0) is 0 Å². The largest absolute Gasteiger partial charge is 0.495 e. The highest BCUT2D eigenvalue weighted by atomic mass is 35.5. The minimum Gasteiger partial charge on any atom is -0.495 e. The number of carbonyl (C=O) groups excluding carboxylic acids is 1. The van der Waals surface area contributed by atoms with E-state index in [9.17, 15) is 4.79 Å². The molecule has 3 N–H and O–H groups in total. The highest BCUT2D eigenvalue weighted by Gasteiger charge is 2.09. The maximum Gasteiger partial charge on any atom is 0.277 e. The fourth-order valence-electron chi connectivity index (χ4n) is 2.13. The minimum atomic E-state index is -0.307. The number of carbonyl (C=O) groups is 1. The molecule has 0 unspecified atom stereocenters. The highest BCUT2D eigenvalue weighted by Crippen LogP contribution is 2.27. The lowest BCUT2D eigenvalue weighted by atomic mass is 10.2. The zero-order valence-corrected chi connectivity index (χ0v) is 16.4. The number of hydrogen-bond acceptors (Lipinski definition) is 6. The molecule has 138 valence electrons. The predicted molar refractivity (Wildman–Crippen MR) is 112 cm³/mol. The lowest BCUT2D eigenvalue weighted by Crippen LogP contribution is -2.19. The Morgan fingerprint density at radius 2 is 1.70 bits per heavy atom. The van der Waals surface area contributed by atoms with Gasteiger partial charge in [-0.05, 0) is 66.2 Å². The van der Waals surface area contributed by atoms with E-state index in [1.54, 1.807) is 48.9 Å². The topological polar surface area (TPSA) is 88.2 Å². The lowest BCUT2D eigenvalue weighted by Gasteiger charge is -2.12. The summed E-state index contributed by atoms with van der Waals surface area (Å²) in [4.78, 5) is 11.9. The van der Waals surface area contributed by atoms with Crippen LogP contribution in [0.2, 0.25) is 5.02 Å². The zero-order valence-electron chi connectivity index (χ0n) is 14.0. The van der Waals surface area contributed by atoms with Crippen molar-refractivity contribution in [3.8, 4) is 5.75 Å². The normalized spacial score (nSPS) is 10.1. The van der Waals surface area contributed by atoms with E-state index in [2.05, 4.69) is 25.5 Å². The monoisotopic (exact) mass is 419 g/mol. The average molecular weight is 420 g/mol. The summed E-state index contributed by atoms with van der Waals surface area (Å²) < 4.78 is 8.78. The third kappa shape index (κ3) is 5.13. The first-order chi connectivity index (χ1) is 13.0. The summed E-state index contributed by atoms with van der Waals surface area (Å²) in [5.41, 5.74) is 2.42. The van der Waals surface area contributed by atoms with Crippen LogP contribution in [0.1, 0.15) is 10.5 Å². The van der Waals surface area contributed by atoms with Gasteiger partial charge in [-0.3, -0.25) is 4.79 Å². The third-order valence-corrected chi connectivity index (χ3v) is 4.41. The molecule has 0 aliphatic rings. The average Bonchev–Trinajstić information content (AvgIpc) is 3.18. The molecule has 3 aromatic rings. The van der Waals surface area contributed by atoms with E-state index in [0.29, 0.717) is 21.6 Å². The molecule has 0 bridgehead atoms. The SMILES string of the molecule is COc1ccc(NC(=S)Nc2ccc(NC(=O)c3csnn3)cc2)cc1Cl. The number of nitrogens with zero attached hydrogens (tertiary/aromatic N) is 2. The fraction of sp³-hybridized carbons (Fsp3) is 0.0588. The number of aromatic nitrogens is 2. The van der Waals surface area contributed by atoms with Gasteiger partial charge >= 0.3 is 0 Å². The second-order valence-electron chi connectivity index (χ2n) is 5.25. The quantitative estimate of drug-likeness (QED) is 0.532. The summed E-state index contributed by atoms with van der Waals surface area (Å²) in [7, 11) is 1.56. The number of hydrogen-bond donors (Lipinski definition) is 3. The van der Waals surface area contributed by atoms with Crippen molar-refractivity contribution in [1.82, 2.24) is 9.59 Å². The van der Waals surface area contributed by atoms with Gasteiger partial charge < -0.3 is 20.7 Å². The smallest absolute Gasteiger partial charge is 0.277 e. The van der Waals surface area contributed by atoms with E-state index < -0.39 is 0 Å². The van der Waals surface area contributed by atoms with Crippen LogP contribution in [-0.4, -0.2) is 27.7 Å². The van der Waals surface area contributed by atoms with Gasteiger partial charge in [0.15, 0.2) is 10.8 Å². The van der Waals surface area contributed by atoms with Crippen molar-refractivity contribution < 1.29 is 9.53 Å². The van der Waals surface area contributed by atoms with Crippen molar-refractivity contribution >= 4 is 63.4 Å². The van der Waals surface area contributed by atoms with Crippen molar-refractivity contribution in [2.75, 3.05) is 23.1 Å². The number of rotatable bonds is 5. The number of nitrogens with one attached hydrogen (secondary N) is 3. The molecule has 1 heterocycles. The van der Waals surface area contributed by atoms with Crippen molar-refractivity contribution in [2.24, 2.45) is 0 Å². The van der Waals surface area contributed by atoms with Gasteiger partial charge in [-0.2, -0.15) is 0 Å². The highest BCUT2D eigenvalue weighted by molar-refractivity contribution is 7.80. The number of thiocarbonyl (C=S) groups is 1. The fourth-order valence-corrected chi connectivity index (χ4v) is 3.06. The Morgan fingerprint density at radius 3 is 2.30 bits per heavy atom. The van der Waals surface area contributed by atoms with Crippen LogP contribution in [0.3, 0.4) is 0 Å². The Hall–Kier alpha value is -2.75. The van der Waals surface area contributed by atoms with Gasteiger partial charge in [0.1, 0.15) is 5.75 Å². The molecule has 10 heteroatoms. The number of ether oxygens (including phenoxy) is 1. The minimum absolute atomic E-state index is 0.283. The molecular weight excluding hydrogens is 406 g/mol. The van der Waals surface area contributed by atoms with Crippen molar-refractivity contribution in [3.63, 3.8) is 0 Å². The van der Waals surface area contributed by atoms with Gasteiger partial charge in [0, 0.05) is 22.4 Å². The van der Waals surface area contributed by atoms with E-state index in [-0.39, 0.29) is 11.6 Å². The molecule has 0 aliphatic heterocycles. The number of benzene rings is 2.